The third-order valence-electron chi connectivity index (χ3n) is 3.72. The number of hydrogen-bond acceptors (Lipinski definition) is 3. The van der Waals surface area contributed by atoms with Gasteiger partial charge in [-0.1, -0.05) is 23.7 Å². The van der Waals surface area contributed by atoms with Crippen LogP contribution < -0.4 is 15.4 Å². The van der Waals surface area contributed by atoms with Gasteiger partial charge in [0.05, 0.1) is 22.8 Å². The lowest BCUT2D eigenvalue weighted by atomic mass is 10.1. The Balaban J connectivity index is 1.68. The summed E-state index contributed by atoms with van der Waals surface area (Å²) in [4.78, 5) is 24.3. The Kier molecular flexibility index (Phi) is 4.44. The Bertz CT molecular complexity index is 820. The average molecular weight is 345 g/mol. The van der Waals surface area contributed by atoms with Crippen LogP contribution in [0.3, 0.4) is 0 Å². The van der Waals surface area contributed by atoms with Crippen LogP contribution >= 0.6 is 11.6 Å². The maximum Gasteiger partial charge on any atom is 0.266 e. The zero-order chi connectivity index (χ0) is 17.3. The van der Waals surface area contributed by atoms with Gasteiger partial charge in [0.2, 0.25) is 5.91 Å². The molecular weight excluding hydrogens is 328 g/mol. The Morgan fingerprint density at radius 3 is 2.67 bits per heavy atom. The van der Waals surface area contributed by atoms with Crippen molar-refractivity contribution >= 4 is 34.8 Å². The van der Waals surface area contributed by atoms with E-state index in [1.807, 2.05) is 32.0 Å². The van der Waals surface area contributed by atoms with Gasteiger partial charge in [-0.3, -0.25) is 9.59 Å². The Labute approximate surface area is 145 Å². The van der Waals surface area contributed by atoms with E-state index in [0.717, 1.165) is 11.1 Å². The van der Waals surface area contributed by atoms with E-state index in [4.69, 9.17) is 16.3 Å². The van der Waals surface area contributed by atoms with E-state index >= 15 is 0 Å². The molecule has 2 aromatic carbocycles. The quantitative estimate of drug-likeness (QED) is 0.892. The van der Waals surface area contributed by atoms with Crippen molar-refractivity contribution in [2.24, 2.45) is 0 Å². The van der Waals surface area contributed by atoms with Gasteiger partial charge in [0.1, 0.15) is 5.75 Å². The lowest BCUT2D eigenvalue weighted by molar-refractivity contribution is -0.128. The topological polar surface area (TPSA) is 67.4 Å². The first-order valence-electron chi connectivity index (χ1n) is 7.56. The van der Waals surface area contributed by atoms with E-state index in [9.17, 15) is 9.59 Å². The first-order valence-corrected chi connectivity index (χ1v) is 7.94. The van der Waals surface area contributed by atoms with Gasteiger partial charge in [0, 0.05) is 0 Å². The van der Waals surface area contributed by atoms with Crippen LogP contribution in [0, 0.1) is 13.8 Å². The highest BCUT2D eigenvalue weighted by Gasteiger charge is 2.29. The van der Waals surface area contributed by atoms with Crippen molar-refractivity contribution in [3.05, 3.63) is 52.5 Å². The number of aryl methyl sites for hydroxylation is 2. The molecule has 1 atom stereocenters. The summed E-state index contributed by atoms with van der Waals surface area (Å²) in [6.07, 6.45) is -0.965. The van der Waals surface area contributed by atoms with Crippen molar-refractivity contribution in [1.82, 2.24) is 0 Å². The van der Waals surface area contributed by atoms with Crippen molar-refractivity contribution < 1.29 is 14.3 Å². The van der Waals surface area contributed by atoms with Crippen molar-refractivity contribution in [3.63, 3.8) is 0 Å². The van der Waals surface area contributed by atoms with Crippen LogP contribution in [-0.2, 0) is 9.59 Å². The average Bonchev–Trinajstić information content (AvgIpc) is 2.51. The van der Waals surface area contributed by atoms with Crippen molar-refractivity contribution in [2.45, 2.75) is 26.4 Å². The first-order chi connectivity index (χ1) is 11.4. The van der Waals surface area contributed by atoms with Gasteiger partial charge < -0.3 is 15.4 Å². The van der Waals surface area contributed by atoms with Crippen LogP contribution in [0.1, 0.15) is 17.5 Å². The fourth-order valence-electron chi connectivity index (χ4n) is 2.49. The molecule has 5 nitrogen and oxygen atoms in total. The molecule has 0 radical (unpaired) electrons. The van der Waals surface area contributed by atoms with Gasteiger partial charge in [-0.15, -0.1) is 0 Å². The molecule has 0 bridgehead atoms. The van der Waals surface area contributed by atoms with Crippen molar-refractivity contribution in [2.75, 3.05) is 10.6 Å². The minimum absolute atomic E-state index is 0.0939. The number of nitrogens with one attached hydrogen (secondary N) is 2. The second kappa shape index (κ2) is 6.53. The number of benzene rings is 2. The minimum atomic E-state index is -0.871. The normalized spacial score (nSPS) is 16.0. The zero-order valence-corrected chi connectivity index (χ0v) is 14.1. The van der Waals surface area contributed by atoms with Gasteiger partial charge in [0.15, 0.2) is 6.10 Å². The maximum atomic E-state index is 12.2. The molecule has 0 saturated heterocycles. The number of anilines is 2. The Hall–Kier alpha value is -2.53. The molecule has 124 valence electrons. The molecular formula is C18H17ClN2O3. The van der Waals surface area contributed by atoms with Gasteiger partial charge in [-0.25, -0.2) is 0 Å². The molecule has 24 heavy (non-hydrogen) atoms. The van der Waals surface area contributed by atoms with Gasteiger partial charge in [0.25, 0.3) is 5.91 Å². The number of carbonyl (C=O) groups excluding carboxylic acids is 2. The highest BCUT2D eigenvalue weighted by molar-refractivity contribution is 6.33. The molecule has 0 saturated carbocycles. The maximum absolute atomic E-state index is 12.2. The fraction of sp³-hybridized carbons (Fsp3) is 0.222. The molecule has 2 N–H and O–H groups in total. The molecule has 3 rings (SSSR count). The van der Waals surface area contributed by atoms with Crippen LogP contribution in [0.4, 0.5) is 11.4 Å². The molecule has 0 spiro atoms. The number of rotatable bonds is 3. The van der Waals surface area contributed by atoms with Crippen LogP contribution in [0.2, 0.25) is 5.02 Å². The lowest BCUT2D eigenvalue weighted by Crippen LogP contribution is -2.39. The van der Waals surface area contributed by atoms with Gasteiger partial charge in [-0.2, -0.15) is 0 Å². The lowest BCUT2D eigenvalue weighted by Gasteiger charge is -2.25. The molecule has 2 amide bonds. The molecule has 6 heteroatoms. The third-order valence-corrected chi connectivity index (χ3v) is 4.04. The van der Waals surface area contributed by atoms with E-state index in [2.05, 4.69) is 10.6 Å². The molecule has 1 aliphatic rings. The molecule has 1 aliphatic heterocycles. The fourth-order valence-corrected chi connectivity index (χ4v) is 2.77. The number of carbonyl (C=O) groups is 2. The molecule has 0 aromatic heterocycles. The van der Waals surface area contributed by atoms with Crippen LogP contribution in [0.5, 0.6) is 5.75 Å². The largest absolute Gasteiger partial charge is 0.478 e. The predicted molar refractivity (Wildman–Crippen MR) is 93.7 cm³/mol. The van der Waals surface area contributed by atoms with E-state index < -0.39 is 6.10 Å². The third kappa shape index (κ3) is 3.51. The van der Waals surface area contributed by atoms with Gasteiger partial charge in [-0.05, 0) is 49.2 Å². The second-order valence-corrected chi connectivity index (χ2v) is 6.24. The SMILES string of the molecule is Cc1ccc(NC(=O)CC2Oc3ccc(C)cc3NC2=O)c(Cl)c1. The summed E-state index contributed by atoms with van der Waals surface area (Å²) in [6.45, 7) is 3.84. The number of halogens is 1. The highest BCUT2D eigenvalue weighted by Crippen LogP contribution is 2.31. The van der Waals surface area contributed by atoms with Crippen LogP contribution in [0.15, 0.2) is 36.4 Å². The number of hydrogen-bond donors (Lipinski definition) is 2. The van der Waals surface area contributed by atoms with Crippen molar-refractivity contribution in [1.29, 1.82) is 0 Å². The highest BCUT2D eigenvalue weighted by atomic mass is 35.5. The standard InChI is InChI=1S/C18H17ClN2O3/c1-10-3-5-13(12(19)7-10)20-17(22)9-16-18(23)21-14-8-11(2)4-6-15(14)24-16/h3-8,16H,9H2,1-2H3,(H,20,22)(H,21,23). The van der Waals surface area contributed by atoms with E-state index in [1.54, 1.807) is 18.2 Å². The predicted octanol–water partition coefficient (Wildman–Crippen LogP) is 3.69. The summed E-state index contributed by atoms with van der Waals surface area (Å²) in [6, 6.07) is 10.8. The number of fused-ring (bicyclic) bond motifs is 1. The summed E-state index contributed by atoms with van der Waals surface area (Å²) in [5.41, 5.74) is 3.15. The van der Waals surface area contributed by atoms with Crippen LogP contribution in [-0.4, -0.2) is 17.9 Å². The smallest absolute Gasteiger partial charge is 0.266 e. The summed E-state index contributed by atoms with van der Waals surface area (Å²) in [5, 5.41) is 5.93. The molecule has 2 aromatic rings. The summed E-state index contributed by atoms with van der Waals surface area (Å²) < 4.78 is 5.65. The zero-order valence-electron chi connectivity index (χ0n) is 13.4. The molecule has 0 fully saturated rings. The first kappa shape index (κ1) is 16.3. The van der Waals surface area contributed by atoms with Crippen LogP contribution in [0.25, 0.3) is 0 Å². The molecule has 0 aliphatic carbocycles. The van der Waals surface area contributed by atoms with E-state index in [1.165, 1.54) is 0 Å². The number of ether oxygens (including phenoxy) is 1. The number of amides is 2. The van der Waals surface area contributed by atoms with Crippen molar-refractivity contribution in [3.8, 4) is 5.75 Å². The summed E-state index contributed by atoms with van der Waals surface area (Å²) in [5.74, 6) is -0.110. The molecule has 1 heterocycles. The Morgan fingerprint density at radius 2 is 1.92 bits per heavy atom. The van der Waals surface area contributed by atoms with E-state index in [-0.39, 0.29) is 18.2 Å². The molecule has 1 unspecified atom stereocenters. The summed E-state index contributed by atoms with van der Waals surface area (Å²) >= 11 is 6.10. The minimum Gasteiger partial charge on any atom is -0.478 e. The second-order valence-electron chi connectivity index (χ2n) is 5.83. The Morgan fingerprint density at radius 1 is 1.21 bits per heavy atom. The summed E-state index contributed by atoms with van der Waals surface area (Å²) in [7, 11) is 0. The van der Waals surface area contributed by atoms with Gasteiger partial charge >= 0.3 is 0 Å². The van der Waals surface area contributed by atoms with E-state index in [0.29, 0.717) is 22.1 Å². The monoisotopic (exact) mass is 344 g/mol.